The van der Waals surface area contributed by atoms with Crippen molar-refractivity contribution in [2.45, 2.75) is 39.8 Å². The number of ether oxygens (including phenoxy) is 1. The van der Waals surface area contributed by atoms with Crippen molar-refractivity contribution in [3.8, 4) is 0 Å². The third-order valence-electron chi connectivity index (χ3n) is 2.52. The molecule has 1 aromatic rings. The SMILES string of the molecule is CCNc1cc(NC(C)CCO)nc(COCC)n1. The summed E-state index contributed by atoms with van der Waals surface area (Å²) in [5.74, 6) is 2.19. The fourth-order valence-corrected chi connectivity index (χ4v) is 1.62. The van der Waals surface area contributed by atoms with Gasteiger partial charge in [0.1, 0.15) is 18.2 Å². The molecular formula is C13H24N4O2. The highest BCUT2D eigenvalue weighted by Gasteiger charge is 2.07. The minimum Gasteiger partial charge on any atom is -0.396 e. The van der Waals surface area contributed by atoms with Crippen LogP contribution in [0, 0.1) is 0 Å². The van der Waals surface area contributed by atoms with E-state index in [9.17, 15) is 0 Å². The molecule has 6 heteroatoms. The van der Waals surface area contributed by atoms with Crippen LogP contribution in [0.25, 0.3) is 0 Å². The van der Waals surface area contributed by atoms with Gasteiger partial charge in [-0.1, -0.05) is 0 Å². The maximum Gasteiger partial charge on any atom is 0.158 e. The number of nitrogens with zero attached hydrogens (tertiary/aromatic N) is 2. The van der Waals surface area contributed by atoms with Gasteiger partial charge in [0.25, 0.3) is 0 Å². The summed E-state index contributed by atoms with van der Waals surface area (Å²) >= 11 is 0. The van der Waals surface area contributed by atoms with Gasteiger partial charge in [0.2, 0.25) is 0 Å². The molecule has 1 unspecified atom stereocenters. The fraction of sp³-hybridized carbons (Fsp3) is 0.692. The van der Waals surface area contributed by atoms with E-state index in [0.717, 1.165) is 18.2 Å². The predicted octanol–water partition coefficient (Wildman–Crippen LogP) is 1.63. The normalized spacial score (nSPS) is 12.2. The largest absolute Gasteiger partial charge is 0.396 e. The third kappa shape index (κ3) is 5.85. The Hall–Kier alpha value is -1.40. The Bertz CT molecular complexity index is 374. The molecule has 0 amide bonds. The fourth-order valence-electron chi connectivity index (χ4n) is 1.62. The molecule has 0 bridgehead atoms. The molecule has 0 aliphatic carbocycles. The van der Waals surface area contributed by atoms with Crippen LogP contribution in [0.15, 0.2) is 6.07 Å². The van der Waals surface area contributed by atoms with Crippen molar-refractivity contribution >= 4 is 11.6 Å². The van der Waals surface area contributed by atoms with Gasteiger partial charge in [0.05, 0.1) is 0 Å². The maximum atomic E-state index is 8.92. The molecule has 0 aromatic carbocycles. The summed E-state index contributed by atoms with van der Waals surface area (Å²) < 4.78 is 5.34. The van der Waals surface area contributed by atoms with Crippen LogP contribution in [0.3, 0.4) is 0 Å². The highest BCUT2D eigenvalue weighted by molar-refractivity contribution is 5.47. The van der Waals surface area contributed by atoms with E-state index in [1.807, 2.05) is 26.8 Å². The molecule has 1 rings (SSSR count). The van der Waals surface area contributed by atoms with Crippen LogP contribution in [0.5, 0.6) is 0 Å². The third-order valence-corrected chi connectivity index (χ3v) is 2.52. The van der Waals surface area contributed by atoms with E-state index in [1.165, 1.54) is 0 Å². The Labute approximate surface area is 114 Å². The summed E-state index contributed by atoms with van der Waals surface area (Å²) in [4.78, 5) is 8.78. The molecule has 0 spiro atoms. The van der Waals surface area contributed by atoms with Crippen molar-refractivity contribution in [2.24, 2.45) is 0 Å². The van der Waals surface area contributed by atoms with Crippen molar-refractivity contribution < 1.29 is 9.84 Å². The Morgan fingerprint density at radius 3 is 2.68 bits per heavy atom. The average molecular weight is 268 g/mol. The Balaban J connectivity index is 2.79. The molecule has 1 aromatic heterocycles. The number of rotatable bonds is 9. The Morgan fingerprint density at radius 1 is 1.32 bits per heavy atom. The van der Waals surface area contributed by atoms with Crippen molar-refractivity contribution in [2.75, 3.05) is 30.4 Å². The minimum atomic E-state index is 0.158. The molecule has 1 heterocycles. The number of hydrogen-bond donors (Lipinski definition) is 3. The van der Waals surface area contributed by atoms with E-state index in [4.69, 9.17) is 9.84 Å². The van der Waals surface area contributed by atoms with Gasteiger partial charge < -0.3 is 20.5 Å². The highest BCUT2D eigenvalue weighted by atomic mass is 16.5. The van der Waals surface area contributed by atoms with Crippen molar-refractivity contribution in [3.05, 3.63) is 11.9 Å². The number of hydrogen-bond acceptors (Lipinski definition) is 6. The van der Waals surface area contributed by atoms with E-state index >= 15 is 0 Å². The number of aliphatic hydroxyl groups is 1. The summed E-state index contributed by atoms with van der Waals surface area (Å²) in [7, 11) is 0. The van der Waals surface area contributed by atoms with Crippen LogP contribution in [0.2, 0.25) is 0 Å². The van der Waals surface area contributed by atoms with Gasteiger partial charge in [-0.25, -0.2) is 9.97 Å². The molecule has 0 saturated carbocycles. The van der Waals surface area contributed by atoms with Crippen LogP contribution in [0.1, 0.15) is 33.0 Å². The molecule has 6 nitrogen and oxygen atoms in total. The summed E-state index contributed by atoms with van der Waals surface area (Å²) in [5, 5.41) is 15.3. The quantitative estimate of drug-likeness (QED) is 0.631. The van der Waals surface area contributed by atoms with Gasteiger partial charge in [-0.15, -0.1) is 0 Å². The first-order chi connectivity index (χ1) is 9.19. The number of aromatic nitrogens is 2. The Morgan fingerprint density at radius 2 is 2.05 bits per heavy atom. The van der Waals surface area contributed by atoms with Crippen LogP contribution in [-0.2, 0) is 11.3 Å². The second kappa shape index (κ2) is 8.66. The second-order valence-corrected chi connectivity index (χ2v) is 4.28. The zero-order valence-corrected chi connectivity index (χ0v) is 11.9. The van der Waals surface area contributed by atoms with E-state index < -0.39 is 0 Å². The van der Waals surface area contributed by atoms with Gasteiger partial charge in [-0.05, 0) is 27.2 Å². The van der Waals surface area contributed by atoms with Gasteiger partial charge in [0.15, 0.2) is 5.82 Å². The van der Waals surface area contributed by atoms with Crippen molar-refractivity contribution in [3.63, 3.8) is 0 Å². The summed E-state index contributed by atoms with van der Waals surface area (Å²) in [6, 6.07) is 2.03. The lowest BCUT2D eigenvalue weighted by molar-refractivity contribution is 0.128. The number of aliphatic hydroxyl groups excluding tert-OH is 1. The van der Waals surface area contributed by atoms with Gasteiger partial charge >= 0.3 is 0 Å². The zero-order valence-electron chi connectivity index (χ0n) is 11.9. The van der Waals surface area contributed by atoms with E-state index in [-0.39, 0.29) is 12.6 Å². The lowest BCUT2D eigenvalue weighted by Gasteiger charge is -2.15. The predicted molar refractivity (Wildman–Crippen MR) is 76.3 cm³/mol. The first-order valence-corrected chi connectivity index (χ1v) is 6.76. The smallest absolute Gasteiger partial charge is 0.158 e. The first-order valence-electron chi connectivity index (χ1n) is 6.76. The minimum absolute atomic E-state index is 0.158. The van der Waals surface area contributed by atoms with Crippen LogP contribution >= 0.6 is 0 Å². The van der Waals surface area contributed by atoms with Crippen LogP contribution < -0.4 is 10.6 Å². The van der Waals surface area contributed by atoms with Gasteiger partial charge in [-0.2, -0.15) is 0 Å². The second-order valence-electron chi connectivity index (χ2n) is 4.28. The van der Waals surface area contributed by atoms with Crippen LogP contribution in [0.4, 0.5) is 11.6 Å². The van der Waals surface area contributed by atoms with E-state index in [0.29, 0.717) is 25.5 Å². The molecule has 3 N–H and O–H groups in total. The maximum absolute atomic E-state index is 8.92. The molecule has 0 saturated heterocycles. The lowest BCUT2D eigenvalue weighted by Crippen LogP contribution is -2.18. The van der Waals surface area contributed by atoms with E-state index in [2.05, 4.69) is 20.6 Å². The molecule has 0 fully saturated rings. The molecule has 1 atom stereocenters. The molecule has 108 valence electrons. The lowest BCUT2D eigenvalue weighted by atomic mass is 10.2. The monoisotopic (exact) mass is 268 g/mol. The van der Waals surface area contributed by atoms with E-state index in [1.54, 1.807) is 0 Å². The average Bonchev–Trinajstić information content (AvgIpc) is 2.36. The first kappa shape index (κ1) is 15.7. The molecule has 19 heavy (non-hydrogen) atoms. The molecule has 0 aliphatic heterocycles. The summed E-state index contributed by atoms with van der Waals surface area (Å²) in [6.45, 7) is 7.97. The number of nitrogens with one attached hydrogen (secondary N) is 2. The number of anilines is 2. The van der Waals surface area contributed by atoms with Gasteiger partial charge in [0, 0.05) is 31.9 Å². The molecule has 0 aliphatic rings. The van der Waals surface area contributed by atoms with Gasteiger partial charge in [-0.3, -0.25) is 0 Å². The summed E-state index contributed by atoms with van der Waals surface area (Å²) in [6.07, 6.45) is 0.682. The molecular weight excluding hydrogens is 244 g/mol. The summed E-state index contributed by atoms with van der Waals surface area (Å²) in [5.41, 5.74) is 0. The highest BCUT2D eigenvalue weighted by Crippen LogP contribution is 2.13. The Kier molecular flexibility index (Phi) is 7.14. The van der Waals surface area contributed by atoms with Crippen molar-refractivity contribution in [1.82, 2.24) is 9.97 Å². The van der Waals surface area contributed by atoms with Crippen molar-refractivity contribution in [1.29, 1.82) is 0 Å². The topological polar surface area (TPSA) is 79.3 Å². The zero-order chi connectivity index (χ0) is 14.1. The standard InChI is InChI=1S/C13H24N4O2/c1-4-14-11-8-12(15-10(3)6-7-18)17-13(16-11)9-19-5-2/h8,10,18H,4-7,9H2,1-3H3,(H2,14,15,16,17). The molecule has 0 radical (unpaired) electrons. The van der Waals surface area contributed by atoms with Crippen LogP contribution in [-0.4, -0.2) is 40.9 Å².